The molecule has 2 N–H and O–H groups in total. The fourth-order valence-corrected chi connectivity index (χ4v) is 2.77. The molecule has 0 radical (unpaired) electrons. The Morgan fingerprint density at radius 1 is 1.10 bits per heavy atom. The van der Waals surface area contributed by atoms with Gasteiger partial charge < -0.3 is 5.73 Å². The van der Waals surface area contributed by atoms with E-state index in [2.05, 4.69) is 12.1 Å². The van der Waals surface area contributed by atoms with E-state index in [1.165, 1.54) is 11.6 Å². The minimum Gasteiger partial charge on any atom is -0.326 e. The molecule has 0 saturated heterocycles. The molecule has 0 saturated carbocycles. The lowest BCUT2D eigenvalue weighted by atomic mass is 9.95. The molecular weight excluding hydrogens is 270 g/mol. The smallest absolute Gasteiger partial charge is 0.154 e. The van der Waals surface area contributed by atoms with Crippen LogP contribution < -0.4 is 5.73 Å². The number of hydrogen-bond donors (Lipinski definition) is 1. The number of sulfone groups is 1. The van der Waals surface area contributed by atoms with Crippen LogP contribution in [-0.4, -0.2) is 25.5 Å². The van der Waals surface area contributed by atoms with Crippen molar-refractivity contribution in [2.45, 2.75) is 31.1 Å². The maximum Gasteiger partial charge on any atom is 0.154 e. The van der Waals surface area contributed by atoms with Gasteiger partial charge in [-0.1, -0.05) is 42.5 Å². The van der Waals surface area contributed by atoms with Gasteiger partial charge in [0.2, 0.25) is 0 Å². The first-order chi connectivity index (χ1) is 9.22. The van der Waals surface area contributed by atoms with Crippen LogP contribution in [0.2, 0.25) is 0 Å². The van der Waals surface area contributed by atoms with E-state index in [1.807, 2.05) is 30.3 Å². The minimum atomic E-state index is -3.19. The van der Waals surface area contributed by atoms with Gasteiger partial charge in [-0.25, -0.2) is 8.42 Å². The summed E-state index contributed by atoms with van der Waals surface area (Å²) in [5.74, 6) is 0. The molecule has 2 rings (SSSR count). The molecule has 20 heavy (non-hydrogen) atoms. The Bertz CT molecular complexity index is 720. The molecule has 0 bridgehead atoms. The second kappa shape index (κ2) is 5.19. The topological polar surface area (TPSA) is 60.2 Å². The van der Waals surface area contributed by atoms with Gasteiger partial charge in [0.25, 0.3) is 0 Å². The number of fused-ring (bicyclic) bond motifs is 1. The molecule has 1 unspecified atom stereocenters. The third kappa shape index (κ3) is 2.86. The molecule has 2 aromatic carbocycles. The molecule has 1 atom stereocenters. The predicted octanol–water partition coefficient (Wildman–Crippen LogP) is 2.53. The van der Waals surface area contributed by atoms with E-state index >= 15 is 0 Å². The van der Waals surface area contributed by atoms with Crippen molar-refractivity contribution in [3.63, 3.8) is 0 Å². The molecule has 0 fully saturated rings. The molecule has 0 aliphatic heterocycles. The summed E-state index contributed by atoms with van der Waals surface area (Å²) in [5, 5.41) is 2.32. The third-order valence-corrected chi connectivity index (χ3v) is 6.33. The van der Waals surface area contributed by atoms with E-state index in [0.717, 1.165) is 10.9 Å². The molecule has 0 spiro atoms. The highest BCUT2D eigenvalue weighted by Crippen LogP contribution is 2.23. The summed E-state index contributed by atoms with van der Waals surface area (Å²) in [6, 6.07) is 13.8. The highest BCUT2D eigenvalue weighted by Gasteiger charge is 2.36. The Hall–Kier alpha value is -1.39. The number of nitrogens with two attached hydrogens (primary N) is 1. The second-order valence-corrected chi connectivity index (χ2v) is 8.46. The highest BCUT2D eigenvalue weighted by atomic mass is 32.2. The van der Waals surface area contributed by atoms with Crippen LogP contribution in [0.4, 0.5) is 0 Å². The van der Waals surface area contributed by atoms with Gasteiger partial charge in [0.05, 0.1) is 4.75 Å². The van der Waals surface area contributed by atoms with Crippen LogP contribution in [0.5, 0.6) is 0 Å². The normalized spacial score (nSPS) is 14.4. The van der Waals surface area contributed by atoms with E-state index in [-0.39, 0.29) is 0 Å². The fraction of sp³-hybridized carbons (Fsp3) is 0.375. The van der Waals surface area contributed by atoms with Crippen molar-refractivity contribution in [2.24, 2.45) is 5.73 Å². The van der Waals surface area contributed by atoms with Crippen LogP contribution in [0.15, 0.2) is 42.5 Å². The van der Waals surface area contributed by atoms with Crippen molar-refractivity contribution in [1.82, 2.24) is 0 Å². The third-order valence-electron chi connectivity index (χ3n) is 4.12. The van der Waals surface area contributed by atoms with Crippen molar-refractivity contribution in [3.8, 4) is 0 Å². The Kier molecular flexibility index (Phi) is 3.89. The summed E-state index contributed by atoms with van der Waals surface area (Å²) < 4.78 is 22.7. The molecule has 108 valence electrons. The average Bonchev–Trinajstić information content (AvgIpc) is 2.37. The predicted molar refractivity (Wildman–Crippen MR) is 84.6 cm³/mol. The monoisotopic (exact) mass is 291 g/mol. The van der Waals surface area contributed by atoms with Crippen LogP contribution in [-0.2, 0) is 16.3 Å². The molecule has 0 aliphatic rings. The lowest BCUT2D eigenvalue weighted by molar-refractivity contribution is 0.482. The van der Waals surface area contributed by atoms with Crippen LogP contribution in [0.1, 0.15) is 19.4 Å². The molecular formula is C16H21NO2S. The van der Waals surface area contributed by atoms with E-state index in [9.17, 15) is 8.42 Å². The van der Waals surface area contributed by atoms with Gasteiger partial charge in [0, 0.05) is 12.3 Å². The zero-order valence-corrected chi connectivity index (χ0v) is 12.9. The van der Waals surface area contributed by atoms with Gasteiger partial charge in [-0.05, 0) is 36.6 Å². The van der Waals surface area contributed by atoms with E-state index in [1.54, 1.807) is 13.8 Å². The Morgan fingerprint density at radius 2 is 1.70 bits per heavy atom. The average molecular weight is 291 g/mol. The van der Waals surface area contributed by atoms with Gasteiger partial charge >= 0.3 is 0 Å². The van der Waals surface area contributed by atoms with E-state index in [0.29, 0.717) is 6.42 Å². The van der Waals surface area contributed by atoms with Gasteiger partial charge in [-0.3, -0.25) is 0 Å². The fourth-order valence-electron chi connectivity index (χ4n) is 2.14. The molecule has 2 aromatic rings. The zero-order valence-electron chi connectivity index (χ0n) is 12.1. The van der Waals surface area contributed by atoms with Gasteiger partial charge in [0.15, 0.2) is 9.84 Å². The largest absolute Gasteiger partial charge is 0.326 e. The second-order valence-electron chi connectivity index (χ2n) is 5.87. The summed E-state index contributed by atoms with van der Waals surface area (Å²) in [6.07, 6.45) is 1.79. The summed E-state index contributed by atoms with van der Waals surface area (Å²) in [5.41, 5.74) is 7.20. The number of benzene rings is 2. The first kappa shape index (κ1) is 15.0. The summed E-state index contributed by atoms with van der Waals surface area (Å²) in [7, 11) is -3.19. The first-order valence-electron chi connectivity index (χ1n) is 6.64. The SMILES string of the molecule is CC(C)(C(N)Cc1ccc2ccccc2c1)S(C)(=O)=O. The molecule has 0 heterocycles. The van der Waals surface area contributed by atoms with E-state index < -0.39 is 20.6 Å². The summed E-state index contributed by atoms with van der Waals surface area (Å²) >= 11 is 0. The van der Waals surface area contributed by atoms with Gasteiger partial charge in [0.1, 0.15) is 0 Å². The maximum absolute atomic E-state index is 11.8. The lowest BCUT2D eigenvalue weighted by Gasteiger charge is -2.29. The van der Waals surface area contributed by atoms with Crippen LogP contribution in [0.25, 0.3) is 10.8 Å². The van der Waals surface area contributed by atoms with Crippen LogP contribution >= 0.6 is 0 Å². The summed E-state index contributed by atoms with van der Waals surface area (Å²) in [4.78, 5) is 0. The van der Waals surface area contributed by atoms with Crippen LogP contribution in [0, 0.1) is 0 Å². The Balaban J connectivity index is 2.28. The van der Waals surface area contributed by atoms with Gasteiger partial charge in [-0.2, -0.15) is 0 Å². The molecule has 4 heteroatoms. The van der Waals surface area contributed by atoms with Crippen molar-refractivity contribution >= 4 is 20.6 Å². The zero-order chi connectivity index (χ0) is 15.0. The van der Waals surface area contributed by atoms with E-state index in [4.69, 9.17) is 5.73 Å². The lowest BCUT2D eigenvalue weighted by Crippen LogP contribution is -2.49. The Labute approximate surface area is 120 Å². The van der Waals surface area contributed by atoms with Crippen molar-refractivity contribution in [2.75, 3.05) is 6.26 Å². The minimum absolute atomic E-state index is 0.432. The van der Waals surface area contributed by atoms with Crippen LogP contribution in [0.3, 0.4) is 0 Å². The quantitative estimate of drug-likeness (QED) is 0.941. The summed E-state index contributed by atoms with van der Waals surface area (Å²) in [6.45, 7) is 3.38. The molecule has 0 aliphatic carbocycles. The number of hydrogen-bond acceptors (Lipinski definition) is 3. The molecule has 0 aromatic heterocycles. The van der Waals surface area contributed by atoms with Crippen molar-refractivity contribution in [3.05, 3.63) is 48.0 Å². The Morgan fingerprint density at radius 3 is 2.30 bits per heavy atom. The van der Waals surface area contributed by atoms with Crippen molar-refractivity contribution < 1.29 is 8.42 Å². The molecule has 0 amide bonds. The highest BCUT2D eigenvalue weighted by molar-refractivity contribution is 7.92. The first-order valence-corrected chi connectivity index (χ1v) is 8.54. The number of rotatable bonds is 4. The van der Waals surface area contributed by atoms with Crippen molar-refractivity contribution in [1.29, 1.82) is 0 Å². The molecule has 3 nitrogen and oxygen atoms in total. The maximum atomic E-state index is 11.8. The standard InChI is InChI=1S/C16H21NO2S/c1-16(2,20(3,18)19)15(17)11-12-8-9-13-6-4-5-7-14(13)10-12/h4-10,15H,11,17H2,1-3H3. The van der Waals surface area contributed by atoms with Gasteiger partial charge in [-0.15, -0.1) is 0 Å².